The smallest absolute Gasteiger partial charge is 0.347 e. The first-order chi connectivity index (χ1) is 15.7. The lowest BCUT2D eigenvalue weighted by atomic mass is 9.35. The molecule has 188 valence electrons. The van der Waals surface area contributed by atoms with Gasteiger partial charge in [0.05, 0.1) is 7.11 Å². The van der Waals surface area contributed by atoms with E-state index in [1.165, 1.54) is 14.0 Å². The minimum absolute atomic E-state index is 0.0218. The standard InChI is InChI=1S/C26H36O8/c1-13(27)32-17-12-15-22(2,3)16(28)9-10-23(15,4)14-8-11-24(5)18(20(29)31-7)33-21(30)19-26(24,34-19)25(14,17)6/h14-15,17-19H,8-12H2,1-7H3/t14-,15-,17-,18+,19+,23-,24+,25+,26+/m1/s1. The van der Waals surface area contributed by atoms with Crippen molar-refractivity contribution in [2.75, 3.05) is 7.11 Å². The van der Waals surface area contributed by atoms with Gasteiger partial charge in [0.2, 0.25) is 6.10 Å². The average Bonchev–Trinajstić information content (AvgIpc) is 3.53. The summed E-state index contributed by atoms with van der Waals surface area (Å²) in [7, 11) is 1.29. The van der Waals surface area contributed by atoms with Crippen LogP contribution in [-0.2, 0) is 38.1 Å². The first-order valence-corrected chi connectivity index (χ1v) is 12.4. The lowest BCUT2D eigenvalue weighted by Crippen LogP contribution is -2.75. The van der Waals surface area contributed by atoms with Gasteiger partial charge < -0.3 is 18.9 Å². The second-order valence-corrected chi connectivity index (χ2v) is 12.4. The summed E-state index contributed by atoms with van der Waals surface area (Å²) in [6, 6.07) is 0. The minimum atomic E-state index is -1.09. The molecule has 8 nitrogen and oxygen atoms in total. The molecule has 0 aromatic heterocycles. The zero-order chi connectivity index (χ0) is 25.1. The van der Waals surface area contributed by atoms with E-state index in [2.05, 4.69) is 13.8 Å². The van der Waals surface area contributed by atoms with Crippen LogP contribution in [0.3, 0.4) is 0 Å². The number of cyclic esters (lactones) is 1. The van der Waals surface area contributed by atoms with Gasteiger partial charge in [0.15, 0.2) is 6.10 Å². The monoisotopic (exact) mass is 476 g/mol. The number of esters is 3. The highest BCUT2D eigenvalue weighted by Gasteiger charge is 2.89. The fourth-order valence-corrected chi connectivity index (χ4v) is 9.25. The highest BCUT2D eigenvalue weighted by Crippen LogP contribution is 2.78. The van der Waals surface area contributed by atoms with Gasteiger partial charge >= 0.3 is 17.9 Å². The molecule has 3 aliphatic carbocycles. The molecular formula is C26H36O8. The molecule has 5 aliphatic rings. The molecule has 9 atom stereocenters. The van der Waals surface area contributed by atoms with Gasteiger partial charge in [-0.1, -0.05) is 34.6 Å². The van der Waals surface area contributed by atoms with Crippen molar-refractivity contribution in [3.05, 3.63) is 0 Å². The topological polar surface area (TPSA) is 108 Å². The fourth-order valence-electron chi connectivity index (χ4n) is 9.25. The van der Waals surface area contributed by atoms with Crippen LogP contribution in [0.4, 0.5) is 0 Å². The maximum Gasteiger partial charge on any atom is 0.347 e. The maximum absolute atomic E-state index is 13.0. The molecule has 0 aromatic carbocycles. The Morgan fingerprint density at radius 2 is 1.71 bits per heavy atom. The predicted molar refractivity (Wildman–Crippen MR) is 118 cm³/mol. The van der Waals surface area contributed by atoms with Crippen LogP contribution in [0.1, 0.15) is 73.6 Å². The van der Waals surface area contributed by atoms with Crippen molar-refractivity contribution in [3.63, 3.8) is 0 Å². The Hall–Kier alpha value is -1.96. The minimum Gasteiger partial charge on any atom is -0.466 e. The molecule has 1 spiro atoms. The van der Waals surface area contributed by atoms with Crippen molar-refractivity contribution < 1.29 is 38.1 Å². The van der Waals surface area contributed by atoms with Gasteiger partial charge in [-0.2, -0.15) is 0 Å². The van der Waals surface area contributed by atoms with Crippen LogP contribution in [0.15, 0.2) is 0 Å². The van der Waals surface area contributed by atoms with Crippen molar-refractivity contribution >= 4 is 23.7 Å². The van der Waals surface area contributed by atoms with Crippen LogP contribution < -0.4 is 0 Å². The largest absolute Gasteiger partial charge is 0.466 e. The number of Topliss-reactive ketones (excluding diaryl/α,β-unsaturated/α-hetero) is 1. The SMILES string of the molecule is COC(=O)[C@@H]1OC(=O)[C@@H]2O[C@@]23[C@@]2(C)[C@H](CC[C@@]13C)[C@@]1(C)CCC(=O)C(C)(C)[C@H]1C[C@H]2OC(C)=O. The zero-order valence-corrected chi connectivity index (χ0v) is 21.2. The third-order valence-electron chi connectivity index (χ3n) is 10.9. The fraction of sp³-hybridized carbons (Fsp3) is 0.846. The third-order valence-corrected chi connectivity index (χ3v) is 10.9. The van der Waals surface area contributed by atoms with Crippen molar-refractivity contribution in [2.24, 2.45) is 33.5 Å². The number of ketones is 1. The Kier molecular flexibility index (Phi) is 4.77. The number of methoxy groups -OCH3 is 1. The Balaban J connectivity index is 1.69. The van der Waals surface area contributed by atoms with Crippen LogP contribution in [0.5, 0.6) is 0 Å². The maximum atomic E-state index is 13.0. The molecule has 2 saturated heterocycles. The molecule has 3 saturated carbocycles. The predicted octanol–water partition coefficient (Wildman–Crippen LogP) is 2.99. The van der Waals surface area contributed by atoms with Crippen LogP contribution in [-0.4, -0.2) is 54.7 Å². The number of epoxide rings is 1. The molecule has 2 aliphatic heterocycles. The highest BCUT2D eigenvalue weighted by molar-refractivity contribution is 5.88. The average molecular weight is 477 g/mol. The van der Waals surface area contributed by atoms with E-state index in [1.54, 1.807) is 0 Å². The number of ether oxygens (including phenoxy) is 4. The van der Waals surface area contributed by atoms with Gasteiger partial charge in [-0.05, 0) is 42.9 Å². The summed E-state index contributed by atoms with van der Waals surface area (Å²) in [6.45, 7) is 11.7. The van der Waals surface area contributed by atoms with E-state index in [-0.39, 0.29) is 23.0 Å². The summed E-state index contributed by atoms with van der Waals surface area (Å²) in [5, 5.41) is 0. The summed E-state index contributed by atoms with van der Waals surface area (Å²) in [6.07, 6.45) is 0.629. The van der Waals surface area contributed by atoms with Crippen LogP contribution in [0.2, 0.25) is 0 Å². The zero-order valence-electron chi connectivity index (χ0n) is 21.2. The summed E-state index contributed by atoms with van der Waals surface area (Å²) in [4.78, 5) is 51.1. The molecule has 0 N–H and O–H groups in total. The summed E-state index contributed by atoms with van der Waals surface area (Å²) >= 11 is 0. The summed E-state index contributed by atoms with van der Waals surface area (Å²) in [5.41, 5.74) is -3.35. The second kappa shape index (κ2) is 6.83. The Bertz CT molecular complexity index is 987. The van der Waals surface area contributed by atoms with E-state index in [0.717, 1.165) is 12.8 Å². The van der Waals surface area contributed by atoms with Gasteiger partial charge in [-0.15, -0.1) is 0 Å². The van der Waals surface area contributed by atoms with E-state index in [1.807, 2.05) is 20.8 Å². The molecule has 5 rings (SSSR count). The summed E-state index contributed by atoms with van der Waals surface area (Å²) < 4.78 is 23.0. The van der Waals surface area contributed by atoms with Crippen molar-refractivity contribution in [3.8, 4) is 0 Å². The molecule has 0 unspecified atom stereocenters. The number of hydrogen-bond donors (Lipinski definition) is 0. The number of carbonyl (C=O) groups excluding carboxylic acids is 4. The quantitative estimate of drug-likeness (QED) is 0.340. The first kappa shape index (κ1) is 23.8. The van der Waals surface area contributed by atoms with Gasteiger partial charge in [0.25, 0.3) is 0 Å². The lowest BCUT2D eigenvalue weighted by molar-refractivity contribution is -0.263. The van der Waals surface area contributed by atoms with E-state index in [0.29, 0.717) is 19.3 Å². The van der Waals surface area contributed by atoms with Crippen LogP contribution >= 0.6 is 0 Å². The van der Waals surface area contributed by atoms with E-state index < -0.39 is 58.1 Å². The molecule has 0 aromatic rings. The molecule has 8 heteroatoms. The van der Waals surface area contributed by atoms with Gasteiger partial charge in [0, 0.05) is 29.6 Å². The van der Waals surface area contributed by atoms with Gasteiger partial charge in [-0.3, -0.25) is 9.59 Å². The van der Waals surface area contributed by atoms with E-state index >= 15 is 0 Å². The van der Waals surface area contributed by atoms with E-state index in [9.17, 15) is 19.2 Å². The summed E-state index contributed by atoms with van der Waals surface area (Å²) in [5.74, 6) is -1.28. The van der Waals surface area contributed by atoms with Crippen LogP contribution in [0, 0.1) is 33.5 Å². The molecule has 2 heterocycles. The first-order valence-electron chi connectivity index (χ1n) is 12.4. The van der Waals surface area contributed by atoms with Gasteiger partial charge in [-0.25, -0.2) is 9.59 Å². The Labute approximate surface area is 200 Å². The number of rotatable bonds is 2. The number of fused-ring (bicyclic) bond motifs is 3. The Morgan fingerprint density at radius 1 is 1.03 bits per heavy atom. The Morgan fingerprint density at radius 3 is 2.32 bits per heavy atom. The van der Waals surface area contributed by atoms with Crippen molar-refractivity contribution in [2.45, 2.75) is 97.6 Å². The lowest BCUT2D eigenvalue weighted by Gasteiger charge is -2.69. The van der Waals surface area contributed by atoms with E-state index in [4.69, 9.17) is 18.9 Å². The molecule has 0 bridgehead atoms. The number of carbonyl (C=O) groups is 4. The molecular weight excluding hydrogens is 440 g/mol. The highest BCUT2D eigenvalue weighted by atomic mass is 16.7. The van der Waals surface area contributed by atoms with Crippen LogP contribution in [0.25, 0.3) is 0 Å². The molecule has 0 amide bonds. The van der Waals surface area contributed by atoms with Crippen molar-refractivity contribution in [1.29, 1.82) is 0 Å². The third kappa shape index (κ3) is 2.48. The molecule has 5 fully saturated rings. The second-order valence-electron chi connectivity index (χ2n) is 12.4. The normalized spacial score (nSPS) is 50.5. The van der Waals surface area contributed by atoms with Crippen molar-refractivity contribution in [1.82, 2.24) is 0 Å². The number of hydrogen-bond acceptors (Lipinski definition) is 8. The molecule has 0 radical (unpaired) electrons. The molecule has 34 heavy (non-hydrogen) atoms. The van der Waals surface area contributed by atoms with Gasteiger partial charge in [0.1, 0.15) is 17.5 Å².